The van der Waals surface area contributed by atoms with Crippen molar-refractivity contribution in [2.45, 2.75) is 13.8 Å². The largest absolute Gasteiger partial charge is 0.456 e. The standard InChI is InChI=1S/C13H12BrNO/c1-9-3-4-12(10(2)7-9)16-13-5-6-15-8-11(13)14/h3-8H,1-2H3. The molecule has 0 fully saturated rings. The van der Waals surface area contributed by atoms with Crippen LogP contribution in [0.1, 0.15) is 11.1 Å². The summed E-state index contributed by atoms with van der Waals surface area (Å²) in [6.45, 7) is 4.11. The Hall–Kier alpha value is -1.35. The Balaban J connectivity index is 2.31. The molecule has 0 radical (unpaired) electrons. The molecule has 1 heterocycles. The van der Waals surface area contributed by atoms with Crippen molar-refractivity contribution in [2.75, 3.05) is 0 Å². The van der Waals surface area contributed by atoms with Crippen molar-refractivity contribution in [3.63, 3.8) is 0 Å². The lowest BCUT2D eigenvalue weighted by Gasteiger charge is -2.10. The van der Waals surface area contributed by atoms with Gasteiger partial charge in [-0.2, -0.15) is 0 Å². The van der Waals surface area contributed by atoms with Gasteiger partial charge in [-0.1, -0.05) is 17.7 Å². The zero-order chi connectivity index (χ0) is 11.5. The molecule has 2 nitrogen and oxygen atoms in total. The van der Waals surface area contributed by atoms with Crippen LogP contribution in [0.25, 0.3) is 0 Å². The second kappa shape index (κ2) is 4.66. The third-order valence-electron chi connectivity index (χ3n) is 2.29. The summed E-state index contributed by atoms with van der Waals surface area (Å²) >= 11 is 3.41. The number of rotatable bonds is 2. The average molecular weight is 278 g/mol. The topological polar surface area (TPSA) is 22.1 Å². The molecule has 0 aliphatic rings. The minimum Gasteiger partial charge on any atom is -0.456 e. The monoisotopic (exact) mass is 277 g/mol. The van der Waals surface area contributed by atoms with Gasteiger partial charge in [-0.25, -0.2) is 0 Å². The maximum atomic E-state index is 5.81. The molecule has 1 aromatic carbocycles. The molecule has 0 saturated heterocycles. The fraction of sp³-hybridized carbons (Fsp3) is 0.154. The molecule has 82 valence electrons. The van der Waals surface area contributed by atoms with Crippen LogP contribution in [0.2, 0.25) is 0 Å². The van der Waals surface area contributed by atoms with Gasteiger partial charge in [0.1, 0.15) is 11.5 Å². The minimum absolute atomic E-state index is 0.780. The van der Waals surface area contributed by atoms with E-state index in [1.54, 1.807) is 12.4 Å². The Labute approximate surface area is 103 Å². The van der Waals surface area contributed by atoms with Gasteiger partial charge in [0.05, 0.1) is 4.47 Å². The molecular formula is C13H12BrNO. The van der Waals surface area contributed by atoms with Gasteiger partial charge in [0.25, 0.3) is 0 Å². The van der Waals surface area contributed by atoms with Crippen molar-refractivity contribution in [1.82, 2.24) is 4.98 Å². The number of ether oxygens (including phenoxy) is 1. The molecule has 3 heteroatoms. The summed E-state index contributed by atoms with van der Waals surface area (Å²) in [5.74, 6) is 1.65. The fourth-order valence-corrected chi connectivity index (χ4v) is 1.81. The Morgan fingerprint density at radius 1 is 1.12 bits per heavy atom. The van der Waals surface area contributed by atoms with Crippen molar-refractivity contribution >= 4 is 15.9 Å². The first-order valence-corrected chi connectivity index (χ1v) is 5.81. The first-order valence-electron chi connectivity index (χ1n) is 5.01. The van der Waals surface area contributed by atoms with Crippen LogP contribution >= 0.6 is 15.9 Å². The number of nitrogens with zero attached hydrogens (tertiary/aromatic N) is 1. The molecule has 0 unspecified atom stereocenters. The number of hydrogen-bond donors (Lipinski definition) is 0. The summed E-state index contributed by atoms with van der Waals surface area (Å²) in [5, 5.41) is 0. The Morgan fingerprint density at radius 2 is 1.94 bits per heavy atom. The zero-order valence-electron chi connectivity index (χ0n) is 9.20. The molecule has 2 rings (SSSR count). The van der Waals surface area contributed by atoms with E-state index in [4.69, 9.17) is 4.74 Å². The fourth-order valence-electron chi connectivity index (χ4n) is 1.48. The summed E-state index contributed by atoms with van der Waals surface area (Å²) in [7, 11) is 0. The third-order valence-corrected chi connectivity index (χ3v) is 2.88. The van der Waals surface area contributed by atoms with Crippen molar-refractivity contribution in [1.29, 1.82) is 0 Å². The van der Waals surface area contributed by atoms with Crippen molar-refractivity contribution < 1.29 is 4.74 Å². The van der Waals surface area contributed by atoms with Crippen LogP contribution in [-0.2, 0) is 0 Å². The third kappa shape index (κ3) is 2.42. The lowest BCUT2D eigenvalue weighted by molar-refractivity contribution is 0.475. The molecule has 0 aliphatic heterocycles. The molecule has 0 aliphatic carbocycles. The van der Waals surface area contributed by atoms with Gasteiger partial charge in [-0.3, -0.25) is 4.98 Å². The maximum Gasteiger partial charge on any atom is 0.144 e. The molecule has 0 atom stereocenters. The number of halogens is 1. The van der Waals surface area contributed by atoms with Crippen LogP contribution < -0.4 is 4.74 Å². The lowest BCUT2D eigenvalue weighted by atomic mass is 10.1. The van der Waals surface area contributed by atoms with Crippen LogP contribution in [0.3, 0.4) is 0 Å². The van der Waals surface area contributed by atoms with E-state index in [2.05, 4.69) is 33.9 Å². The van der Waals surface area contributed by atoms with E-state index in [-0.39, 0.29) is 0 Å². The van der Waals surface area contributed by atoms with Gasteiger partial charge in [-0.05, 0) is 41.4 Å². The predicted molar refractivity (Wildman–Crippen MR) is 67.9 cm³/mol. The second-order valence-corrected chi connectivity index (χ2v) is 4.53. The molecule has 1 aromatic heterocycles. The normalized spacial score (nSPS) is 10.2. The summed E-state index contributed by atoms with van der Waals surface area (Å²) in [4.78, 5) is 4.00. The number of aromatic nitrogens is 1. The first kappa shape index (κ1) is 11.1. The Kier molecular flexibility index (Phi) is 3.25. The quantitative estimate of drug-likeness (QED) is 0.819. The summed E-state index contributed by atoms with van der Waals surface area (Å²) in [6, 6.07) is 7.96. The van der Waals surface area contributed by atoms with Crippen LogP contribution in [0.5, 0.6) is 11.5 Å². The summed E-state index contributed by atoms with van der Waals surface area (Å²) in [6.07, 6.45) is 3.43. The highest BCUT2D eigenvalue weighted by Crippen LogP contribution is 2.30. The van der Waals surface area contributed by atoms with Crippen LogP contribution in [0.4, 0.5) is 0 Å². The van der Waals surface area contributed by atoms with Gasteiger partial charge in [-0.15, -0.1) is 0 Å². The maximum absolute atomic E-state index is 5.81. The van der Waals surface area contributed by atoms with E-state index in [1.807, 2.05) is 25.1 Å². The SMILES string of the molecule is Cc1ccc(Oc2ccncc2Br)c(C)c1. The van der Waals surface area contributed by atoms with Crippen LogP contribution in [0, 0.1) is 13.8 Å². The van der Waals surface area contributed by atoms with Crippen LogP contribution in [-0.4, -0.2) is 4.98 Å². The first-order chi connectivity index (χ1) is 7.66. The Morgan fingerprint density at radius 3 is 2.62 bits per heavy atom. The van der Waals surface area contributed by atoms with E-state index < -0.39 is 0 Å². The van der Waals surface area contributed by atoms with Crippen LogP contribution in [0.15, 0.2) is 41.1 Å². The van der Waals surface area contributed by atoms with E-state index in [1.165, 1.54) is 5.56 Å². The Bertz CT molecular complexity index is 511. The predicted octanol–water partition coefficient (Wildman–Crippen LogP) is 4.25. The van der Waals surface area contributed by atoms with Gasteiger partial charge in [0.2, 0.25) is 0 Å². The lowest BCUT2D eigenvalue weighted by Crippen LogP contribution is -1.89. The number of aryl methyl sites for hydroxylation is 2. The van der Waals surface area contributed by atoms with Crippen molar-refractivity contribution in [3.8, 4) is 11.5 Å². The van der Waals surface area contributed by atoms with Gasteiger partial charge in [0.15, 0.2) is 0 Å². The van der Waals surface area contributed by atoms with Gasteiger partial charge < -0.3 is 4.74 Å². The molecule has 0 bridgehead atoms. The molecule has 0 spiro atoms. The number of pyridine rings is 1. The molecule has 0 saturated carbocycles. The van der Waals surface area contributed by atoms with Crippen molar-refractivity contribution in [3.05, 3.63) is 52.3 Å². The van der Waals surface area contributed by atoms with Gasteiger partial charge >= 0.3 is 0 Å². The van der Waals surface area contributed by atoms with E-state index in [0.717, 1.165) is 21.5 Å². The number of hydrogen-bond acceptors (Lipinski definition) is 2. The zero-order valence-corrected chi connectivity index (χ0v) is 10.8. The van der Waals surface area contributed by atoms with E-state index >= 15 is 0 Å². The minimum atomic E-state index is 0.780. The van der Waals surface area contributed by atoms with E-state index in [9.17, 15) is 0 Å². The molecule has 0 amide bonds. The average Bonchev–Trinajstić information content (AvgIpc) is 2.25. The molecule has 16 heavy (non-hydrogen) atoms. The summed E-state index contributed by atoms with van der Waals surface area (Å²) < 4.78 is 6.66. The highest BCUT2D eigenvalue weighted by molar-refractivity contribution is 9.10. The smallest absolute Gasteiger partial charge is 0.144 e. The van der Waals surface area contributed by atoms with Crippen molar-refractivity contribution in [2.24, 2.45) is 0 Å². The molecule has 0 N–H and O–H groups in total. The molecule has 2 aromatic rings. The highest BCUT2D eigenvalue weighted by Gasteiger charge is 2.04. The van der Waals surface area contributed by atoms with Gasteiger partial charge in [0, 0.05) is 18.5 Å². The highest BCUT2D eigenvalue weighted by atomic mass is 79.9. The number of benzene rings is 1. The summed E-state index contributed by atoms with van der Waals surface area (Å²) in [5.41, 5.74) is 2.36. The van der Waals surface area contributed by atoms with E-state index in [0.29, 0.717) is 0 Å². The second-order valence-electron chi connectivity index (χ2n) is 3.68. The molecular weight excluding hydrogens is 266 g/mol.